The van der Waals surface area contributed by atoms with Gasteiger partial charge >= 0.3 is 0 Å². The van der Waals surface area contributed by atoms with Crippen LogP contribution in [0, 0.1) is 0 Å². The summed E-state index contributed by atoms with van der Waals surface area (Å²) in [6, 6.07) is 0. The van der Waals surface area contributed by atoms with Crippen LogP contribution in [0.1, 0.15) is 0 Å². The highest BCUT2D eigenvalue weighted by Gasteiger charge is 2.13. The summed E-state index contributed by atoms with van der Waals surface area (Å²) in [7, 11) is 0. The largest absolute Gasteiger partial charge is 0.377 e. The van der Waals surface area contributed by atoms with E-state index in [9.17, 15) is 0 Å². The van der Waals surface area contributed by atoms with E-state index in [1.54, 1.807) is 0 Å². The van der Waals surface area contributed by atoms with Crippen LogP contribution in [-0.4, -0.2) is 17.9 Å². The number of rotatable bonds is 0. The summed E-state index contributed by atoms with van der Waals surface area (Å²) in [5.74, 6) is 0. The molecule has 1 rings (SSSR count). The van der Waals surface area contributed by atoms with Crippen molar-refractivity contribution in [2.45, 2.75) is 6.23 Å². The molecule has 1 atom stereocenters. The maximum absolute atomic E-state index is 8.06. The first-order valence-electron chi connectivity index (χ1n) is 1.31. The Hall–Kier alpha value is -0.0800. The van der Waals surface area contributed by atoms with Gasteiger partial charge < -0.3 is 5.11 Å². The smallest absolute Gasteiger partial charge is 0.117 e. The first-order valence-corrected chi connectivity index (χ1v) is 1.31. The maximum atomic E-state index is 8.06. The maximum Gasteiger partial charge on any atom is 0.117 e. The van der Waals surface area contributed by atoms with Crippen molar-refractivity contribution in [2.24, 2.45) is 0 Å². The van der Waals surface area contributed by atoms with Crippen molar-refractivity contribution in [3.05, 3.63) is 0 Å². The van der Waals surface area contributed by atoms with Crippen molar-refractivity contribution in [3.63, 3.8) is 0 Å². The van der Waals surface area contributed by atoms with Crippen molar-refractivity contribution in [1.82, 2.24) is 5.32 Å². The monoisotopic (exact) mass is 59.0 g/mol. The van der Waals surface area contributed by atoms with E-state index in [0.29, 0.717) is 0 Å². The quantitative estimate of drug-likeness (QED) is 0.348. The van der Waals surface area contributed by atoms with Gasteiger partial charge in [0.1, 0.15) is 6.23 Å². The van der Waals surface area contributed by atoms with Crippen LogP contribution in [0.15, 0.2) is 0 Å². The number of aliphatic hydroxyl groups excluding tert-OH is 1. The molecule has 0 aromatic carbocycles. The van der Waals surface area contributed by atoms with Gasteiger partial charge in [-0.25, -0.2) is 0 Å². The van der Waals surface area contributed by atoms with E-state index in [2.05, 4.69) is 5.32 Å². The Morgan fingerprint density at radius 2 is 2.25 bits per heavy atom. The molecule has 0 aromatic heterocycles. The predicted molar refractivity (Wildman–Crippen MR) is 14.0 cm³/mol. The first kappa shape index (κ1) is 2.18. The van der Waals surface area contributed by atoms with Gasteiger partial charge in [-0.2, -0.15) is 0 Å². The molecule has 4 heavy (non-hydrogen) atoms. The molecular weight excluding hydrogens is 54.0 g/mol. The lowest BCUT2D eigenvalue weighted by molar-refractivity contribution is 0.274. The van der Waals surface area contributed by atoms with Gasteiger partial charge in [0.15, 0.2) is 0 Å². The molecule has 24 valence electrons. The molecule has 1 aliphatic rings. The van der Waals surface area contributed by atoms with E-state index in [1.807, 2.05) is 0 Å². The fraction of sp³-hybridized carbons (Fsp3) is 1.00. The van der Waals surface area contributed by atoms with E-state index in [-0.39, 0.29) is 6.23 Å². The lowest BCUT2D eigenvalue weighted by Gasteiger charge is -1.56. The summed E-state index contributed by atoms with van der Waals surface area (Å²) in [5.41, 5.74) is 0. The molecule has 0 aliphatic carbocycles. The number of β-amino-alcohol motifs (C(OH)–C–C–N with tert-alkyl or cyclic N) is 1. The van der Waals surface area contributed by atoms with Crippen LogP contribution in [0.5, 0.6) is 0 Å². The number of aliphatic hydroxyl groups is 1. The van der Waals surface area contributed by atoms with Crippen LogP contribution in [-0.2, 0) is 0 Å². The van der Waals surface area contributed by atoms with Crippen LogP contribution in [0.2, 0.25) is 0 Å². The average molecular weight is 59.1 g/mol. The van der Waals surface area contributed by atoms with Gasteiger partial charge in [-0.3, -0.25) is 5.32 Å². The van der Waals surface area contributed by atoms with Crippen LogP contribution in [0.3, 0.4) is 0 Å². The molecule has 0 unspecified atom stereocenters. The Bertz CT molecular complexity index is 25.2. The molecule has 0 radical (unpaired) electrons. The lowest BCUT2D eigenvalue weighted by atomic mass is 10.9. The van der Waals surface area contributed by atoms with Crippen molar-refractivity contribution >= 4 is 0 Å². The molecule has 0 bridgehead atoms. The Labute approximate surface area is 24.4 Å². The minimum Gasteiger partial charge on any atom is -0.377 e. The molecule has 0 saturated carbocycles. The molecule has 1 heterocycles. The molecule has 0 aromatic rings. The van der Waals surface area contributed by atoms with E-state index in [1.165, 1.54) is 0 Å². The van der Waals surface area contributed by atoms with Crippen LogP contribution >= 0.6 is 0 Å². The normalized spacial score (nSPS) is 39.8. The van der Waals surface area contributed by atoms with Crippen LogP contribution in [0.4, 0.5) is 0 Å². The molecule has 0 amide bonds. The second-order valence-electron chi connectivity index (χ2n) is 0.924. The summed E-state index contributed by atoms with van der Waals surface area (Å²) in [6.45, 7) is 0.792. The zero-order valence-electron chi connectivity index (χ0n) is 2.23. The summed E-state index contributed by atoms with van der Waals surface area (Å²) >= 11 is 0. The van der Waals surface area contributed by atoms with Gasteiger partial charge in [0.05, 0.1) is 0 Å². The number of hydrogen-bond acceptors (Lipinski definition) is 2. The third kappa shape index (κ3) is 0.191. The molecule has 1 fully saturated rings. The van der Waals surface area contributed by atoms with Gasteiger partial charge in [-0.1, -0.05) is 0 Å². The van der Waals surface area contributed by atoms with Crippen molar-refractivity contribution < 1.29 is 5.11 Å². The summed E-state index contributed by atoms with van der Waals surface area (Å²) in [5, 5.41) is 10.7. The Morgan fingerprint density at radius 3 is 2.25 bits per heavy atom. The predicted octanol–water partition coefficient (Wildman–Crippen LogP) is -1.09. The highest BCUT2D eigenvalue weighted by molar-refractivity contribution is 4.68. The molecule has 2 N–H and O–H groups in total. The summed E-state index contributed by atoms with van der Waals surface area (Å²) in [6.07, 6.45) is -0.167. The lowest BCUT2D eigenvalue weighted by Crippen LogP contribution is -1.80. The number of hydrogen-bond donors (Lipinski definition) is 2. The second kappa shape index (κ2) is 0.445. The molecule has 0 spiro atoms. The van der Waals surface area contributed by atoms with E-state index >= 15 is 0 Å². The summed E-state index contributed by atoms with van der Waals surface area (Å²) in [4.78, 5) is 0. The second-order valence-corrected chi connectivity index (χ2v) is 0.924. The van der Waals surface area contributed by atoms with Crippen LogP contribution < -0.4 is 5.32 Å². The topological polar surface area (TPSA) is 42.2 Å². The Balaban J connectivity index is 2.17. The highest BCUT2D eigenvalue weighted by atomic mass is 16.3. The van der Waals surface area contributed by atoms with Gasteiger partial charge in [0, 0.05) is 6.54 Å². The van der Waals surface area contributed by atoms with Gasteiger partial charge in [-0.15, -0.1) is 0 Å². The fourth-order valence-corrected chi connectivity index (χ4v) is 0.0527. The first-order chi connectivity index (χ1) is 1.89. The van der Waals surface area contributed by atoms with Gasteiger partial charge in [0.25, 0.3) is 0 Å². The minimum absolute atomic E-state index is 0.167. The number of nitrogens with one attached hydrogen (secondary N) is 1. The van der Waals surface area contributed by atoms with E-state index in [4.69, 9.17) is 5.11 Å². The average Bonchev–Trinajstić information content (AvgIpc) is 1.75. The molecule has 1 saturated heterocycles. The van der Waals surface area contributed by atoms with E-state index < -0.39 is 0 Å². The third-order valence-corrected chi connectivity index (χ3v) is 0.387. The minimum atomic E-state index is -0.167. The van der Waals surface area contributed by atoms with Crippen molar-refractivity contribution in [1.29, 1.82) is 0 Å². The van der Waals surface area contributed by atoms with Crippen LogP contribution in [0.25, 0.3) is 0 Å². The zero-order chi connectivity index (χ0) is 2.99. The Morgan fingerprint density at radius 1 is 2.00 bits per heavy atom. The fourth-order valence-electron chi connectivity index (χ4n) is 0.0527. The molecule has 1 aliphatic heterocycles. The van der Waals surface area contributed by atoms with E-state index in [0.717, 1.165) is 6.54 Å². The molecular formula is C2H5NO. The Kier molecular flexibility index (Phi) is 0.242. The standard InChI is InChI=1S/C2H5NO/c4-2-1-3-2/h2-4H,1H2/t2-/m1/s1. The SMILES string of the molecule is O[C@@H]1CN1. The van der Waals surface area contributed by atoms with Gasteiger partial charge in [-0.05, 0) is 0 Å². The van der Waals surface area contributed by atoms with Gasteiger partial charge in [0.2, 0.25) is 0 Å². The third-order valence-electron chi connectivity index (χ3n) is 0.387. The highest BCUT2D eigenvalue weighted by Crippen LogP contribution is 1.84. The summed E-state index contributed by atoms with van der Waals surface area (Å²) < 4.78 is 0. The molecule has 2 heteroatoms. The van der Waals surface area contributed by atoms with Crippen molar-refractivity contribution in [2.75, 3.05) is 6.54 Å². The zero-order valence-corrected chi connectivity index (χ0v) is 2.23. The molecule has 2 nitrogen and oxygen atoms in total. The van der Waals surface area contributed by atoms with Crippen molar-refractivity contribution in [3.8, 4) is 0 Å².